The molecule has 3 aromatic rings. The number of amides is 1. The first kappa shape index (κ1) is 23.4. The zero-order valence-electron chi connectivity index (χ0n) is 17.4. The van der Waals surface area contributed by atoms with Gasteiger partial charge in [-0.15, -0.1) is 12.4 Å². The number of halogens is 2. The SMILES string of the molecule is Cl.NC(=O)c1cc(F)c(N[C@@H]2CCCC[C@@H]2N)nc1Nc1cncc(-c2ccccc2)c1. The average molecular weight is 457 g/mol. The molecule has 0 aliphatic heterocycles. The highest BCUT2D eigenvalue weighted by Crippen LogP contribution is 2.28. The van der Waals surface area contributed by atoms with Gasteiger partial charge in [-0.25, -0.2) is 9.37 Å². The second kappa shape index (κ2) is 10.4. The largest absolute Gasteiger partial charge is 0.365 e. The van der Waals surface area contributed by atoms with E-state index in [-0.39, 0.29) is 41.7 Å². The molecular weight excluding hydrogens is 431 g/mol. The van der Waals surface area contributed by atoms with Crippen LogP contribution in [0.15, 0.2) is 54.9 Å². The molecule has 7 nitrogen and oxygen atoms in total. The van der Waals surface area contributed by atoms with E-state index in [2.05, 4.69) is 20.6 Å². The number of nitrogens with one attached hydrogen (secondary N) is 2. The predicted octanol–water partition coefficient (Wildman–Crippen LogP) is 4.23. The van der Waals surface area contributed by atoms with E-state index >= 15 is 0 Å². The van der Waals surface area contributed by atoms with E-state index in [4.69, 9.17) is 11.5 Å². The summed E-state index contributed by atoms with van der Waals surface area (Å²) in [6.45, 7) is 0. The minimum atomic E-state index is -0.776. The number of pyridine rings is 2. The van der Waals surface area contributed by atoms with Gasteiger partial charge >= 0.3 is 0 Å². The Morgan fingerprint density at radius 2 is 1.78 bits per heavy atom. The Bertz CT molecular complexity index is 1080. The van der Waals surface area contributed by atoms with Crippen molar-refractivity contribution in [3.8, 4) is 11.1 Å². The Balaban J connectivity index is 0.00000289. The molecule has 2 atom stereocenters. The van der Waals surface area contributed by atoms with Gasteiger partial charge in [-0.05, 0) is 30.5 Å². The summed E-state index contributed by atoms with van der Waals surface area (Å²) in [6.07, 6.45) is 7.15. The van der Waals surface area contributed by atoms with Crippen LogP contribution < -0.4 is 22.1 Å². The molecule has 1 saturated carbocycles. The number of aromatic nitrogens is 2. The van der Waals surface area contributed by atoms with Crippen LogP contribution in [0.25, 0.3) is 11.1 Å². The molecule has 32 heavy (non-hydrogen) atoms. The van der Waals surface area contributed by atoms with Crippen molar-refractivity contribution in [3.63, 3.8) is 0 Å². The molecule has 2 aromatic heterocycles. The molecule has 2 heterocycles. The molecule has 0 bridgehead atoms. The van der Waals surface area contributed by atoms with Gasteiger partial charge in [0.15, 0.2) is 11.6 Å². The van der Waals surface area contributed by atoms with Crippen molar-refractivity contribution < 1.29 is 9.18 Å². The third kappa shape index (κ3) is 5.33. The van der Waals surface area contributed by atoms with Gasteiger partial charge in [-0.1, -0.05) is 43.2 Å². The molecule has 0 saturated heterocycles. The van der Waals surface area contributed by atoms with E-state index in [0.717, 1.165) is 42.9 Å². The van der Waals surface area contributed by atoms with Crippen LogP contribution in [-0.4, -0.2) is 28.0 Å². The first-order valence-corrected chi connectivity index (χ1v) is 10.3. The molecular formula is C23H26ClFN6O. The minimum Gasteiger partial charge on any atom is -0.365 e. The van der Waals surface area contributed by atoms with Gasteiger partial charge < -0.3 is 22.1 Å². The molecule has 0 unspecified atom stereocenters. The van der Waals surface area contributed by atoms with E-state index in [0.29, 0.717) is 5.69 Å². The van der Waals surface area contributed by atoms with Crippen LogP contribution in [0.4, 0.5) is 21.7 Å². The fraction of sp³-hybridized carbons (Fsp3) is 0.261. The van der Waals surface area contributed by atoms with Crippen molar-refractivity contribution in [2.45, 2.75) is 37.8 Å². The Kier molecular flexibility index (Phi) is 7.61. The molecule has 4 rings (SSSR count). The second-order valence-corrected chi connectivity index (χ2v) is 7.73. The molecule has 1 fully saturated rings. The fourth-order valence-electron chi connectivity index (χ4n) is 3.82. The summed E-state index contributed by atoms with van der Waals surface area (Å²) in [5.41, 5.74) is 14.1. The van der Waals surface area contributed by atoms with E-state index < -0.39 is 11.7 Å². The molecule has 1 amide bonds. The van der Waals surface area contributed by atoms with E-state index in [1.165, 1.54) is 0 Å². The van der Waals surface area contributed by atoms with E-state index in [9.17, 15) is 9.18 Å². The summed E-state index contributed by atoms with van der Waals surface area (Å²) >= 11 is 0. The van der Waals surface area contributed by atoms with Gasteiger partial charge in [-0.2, -0.15) is 0 Å². The Morgan fingerprint density at radius 1 is 1.03 bits per heavy atom. The molecule has 6 N–H and O–H groups in total. The van der Waals surface area contributed by atoms with Crippen molar-refractivity contribution in [2.24, 2.45) is 11.5 Å². The highest BCUT2D eigenvalue weighted by atomic mass is 35.5. The van der Waals surface area contributed by atoms with Crippen molar-refractivity contribution >= 4 is 35.6 Å². The van der Waals surface area contributed by atoms with Crippen molar-refractivity contribution in [2.75, 3.05) is 10.6 Å². The Hall–Kier alpha value is -3.23. The van der Waals surface area contributed by atoms with Crippen LogP contribution in [-0.2, 0) is 0 Å². The summed E-state index contributed by atoms with van der Waals surface area (Å²) in [7, 11) is 0. The number of benzene rings is 1. The van der Waals surface area contributed by atoms with Crippen molar-refractivity contribution in [1.82, 2.24) is 9.97 Å². The van der Waals surface area contributed by atoms with Gasteiger partial charge in [0.25, 0.3) is 5.91 Å². The molecule has 0 radical (unpaired) electrons. The highest BCUT2D eigenvalue weighted by molar-refractivity contribution is 5.98. The average Bonchev–Trinajstić information content (AvgIpc) is 2.78. The van der Waals surface area contributed by atoms with Crippen LogP contribution in [0.1, 0.15) is 36.0 Å². The van der Waals surface area contributed by atoms with Gasteiger partial charge in [0, 0.05) is 23.8 Å². The first-order chi connectivity index (χ1) is 15.0. The maximum absolute atomic E-state index is 14.7. The van der Waals surface area contributed by atoms with E-state index in [1.54, 1.807) is 12.4 Å². The molecule has 1 aliphatic rings. The highest BCUT2D eigenvalue weighted by Gasteiger charge is 2.24. The molecule has 168 valence electrons. The summed E-state index contributed by atoms with van der Waals surface area (Å²) in [5.74, 6) is -1.22. The fourth-order valence-corrected chi connectivity index (χ4v) is 3.82. The third-order valence-electron chi connectivity index (χ3n) is 5.49. The van der Waals surface area contributed by atoms with Crippen molar-refractivity contribution in [3.05, 3.63) is 66.2 Å². The molecule has 1 aliphatic carbocycles. The number of nitrogens with two attached hydrogens (primary N) is 2. The van der Waals surface area contributed by atoms with E-state index in [1.807, 2.05) is 36.4 Å². The lowest BCUT2D eigenvalue weighted by molar-refractivity contribution is 0.100. The first-order valence-electron chi connectivity index (χ1n) is 10.3. The topological polar surface area (TPSA) is 119 Å². The molecule has 1 aromatic carbocycles. The number of hydrogen-bond donors (Lipinski definition) is 4. The summed E-state index contributed by atoms with van der Waals surface area (Å²) < 4.78 is 14.7. The van der Waals surface area contributed by atoms with Gasteiger partial charge in [-0.3, -0.25) is 9.78 Å². The number of anilines is 3. The number of carbonyl (C=O) groups is 1. The monoisotopic (exact) mass is 456 g/mol. The normalized spacial score (nSPS) is 17.8. The van der Waals surface area contributed by atoms with Gasteiger partial charge in [0.1, 0.15) is 5.82 Å². The second-order valence-electron chi connectivity index (χ2n) is 7.73. The summed E-state index contributed by atoms with van der Waals surface area (Å²) in [5, 5.41) is 6.18. The number of rotatable bonds is 6. The molecule has 0 spiro atoms. The number of nitrogens with zero attached hydrogens (tertiary/aromatic N) is 2. The van der Waals surface area contributed by atoms with Crippen LogP contribution in [0.3, 0.4) is 0 Å². The lowest BCUT2D eigenvalue weighted by atomic mass is 9.91. The number of carbonyl (C=O) groups excluding carboxylic acids is 1. The Labute approximate surface area is 192 Å². The lowest BCUT2D eigenvalue weighted by Gasteiger charge is -2.30. The molecule has 9 heteroatoms. The number of primary amides is 1. The maximum Gasteiger partial charge on any atom is 0.252 e. The van der Waals surface area contributed by atoms with Crippen LogP contribution >= 0.6 is 12.4 Å². The van der Waals surface area contributed by atoms with Crippen LogP contribution in [0.2, 0.25) is 0 Å². The lowest BCUT2D eigenvalue weighted by Crippen LogP contribution is -2.43. The zero-order chi connectivity index (χ0) is 21.8. The van der Waals surface area contributed by atoms with Gasteiger partial charge in [0.2, 0.25) is 0 Å². The third-order valence-corrected chi connectivity index (χ3v) is 5.49. The zero-order valence-corrected chi connectivity index (χ0v) is 18.2. The smallest absolute Gasteiger partial charge is 0.252 e. The minimum absolute atomic E-state index is 0. The summed E-state index contributed by atoms with van der Waals surface area (Å²) in [6, 6.07) is 12.6. The standard InChI is InChI=1S/C23H25FN6O.ClH/c24-18-11-17(21(26)31)22(30-23(18)29-20-9-5-4-8-19(20)25)28-16-10-15(12-27-13-16)14-6-2-1-3-7-14;/h1-3,6-7,10-13,19-20H,4-5,8-9,25H2,(H2,26,31)(H2,28,29,30);1H/t19-,20+;/m0./s1. The van der Waals surface area contributed by atoms with Gasteiger partial charge in [0.05, 0.1) is 17.4 Å². The Morgan fingerprint density at radius 3 is 2.50 bits per heavy atom. The van der Waals surface area contributed by atoms with Crippen LogP contribution in [0, 0.1) is 5.82 Å². The number of hydrogen-bond acceptors (Lipinski definition) is 6. The predicted molar refractivity (Wildman–Crippen MR) is 127 cm³/mol. The quantitative estimate of drug-likeness (QED) is 0.440. The van der Waals surface area contributed by atoms with Crippen LogP contribution in [0.5, 0.6) is 0 Å². The summed E-state index contributed by atoms with van der Waals surface area (Å²) in [4.78, 5) is 20.5. The maximum atomic E-state index is 14.7. The van der Waals surface area contributed by atoms with Crippen molar-refractivity contribution in [1.29, 1.82) is 0 Å².